The van der Waals surface area contributed by atoms with Gasteiger partial charge in [-0.3, -0.25) is 0 Å². The van der Waals surface area contributed by atoms with Gasteiger partial charge >= 0.3 is 0 Å². The number of hydrogen-bond acceptors (Lipinski definition) is 5. The molecule has 0 unspecified atom stereocenters. The second-order valence-corrected chi connectivity index (χ2v) is 9.17. The van der Waals surface area contributed by atoms with Gasteiger partial charge in [0.15, 0.2) is 0 Å². The van der Waals surface area contributed by atoms with Gasteiger partial charge in [0.05, 0.1) is 0 Å². The van der Waals surface area contributed by atoms with Crippen molar-refractivity contribution in [2.75, 3.05) is 38.0 Å². The molecule has 0 bridgehead atoms. The number of ether oxygens (including phenoxy) is 2. The van der Waals surface area contributed by atoms with Crippen LogP contribution in [-0.4, -0.2) is 28.2 Å². The van der Waals surface area contributed by atoms with Crippen molar-refractivity contribution in [2.24, 2.45) is 0 Å². The zero-order valence-electron chi connectivity index (χ0n) is 19.4. The van der Waals surface area contributed by atoms with Crippen molar-refractivity contribution >= 4 is 23.1 Å². The topological polar surface area (TPSA) is 24.9 Å². The normalized spacial score (nSPS) is 10.5. The maximum atomic E-state index is 5.96. The van der Waals surface area contributed by atoms with Crippen LogP contribution in [0, 0.1) is 0 Å². The first-order valence-electron chi connectivity index (χ1n) is 10.7. The minimum Gasteiger partial charge on any atom is -0.457 e. The first kappa shape index (κ1) is 22.6. The maximum absolute atomic E-state index is 5.96. The van der Waals surface area contributed by atoms with E-state index in [1.807, 2.05) is 101 Å². The summed E-state index contributed by atoms with van der Waals surface area (Å²) >= 11 is 1.71. The Morgan fingerprint density at radius 2 is 0.697 bits per heavy atom. The number of anilines is 2. The highest BCUT2D eigenvalue weighted by Crippen LogP contribution is 2.32. The SMILES string of the molecule is CN(C)c1ccc(Oc2ccc(Sc3ccc(Oc4ccc(N(C)C)cc4)cc3)cc2)cc1. The molecule has 0 aliphatic carbocycles. The number of nitrogens with zero attached hydrogens (tertiary/aromatic N) is 2. The highest BCUT2D eigenvalue weighted by atomic mass is 32.2. The van der Waals surface area contributed by atoms with Gasteiger partial charge in [0.2, 0.25) is 0 Å². The predicted molar refractivity (Wildman–Crippen MR) is 139 cm³/mol. The molecule has 33 heavy (non-hydrogen) atoms. The minimum absolute atomic E-state index is 0.820. The van der Waals surface area contributed by atoms with Crippen LogP contribution in [-0.2, 0) is 0 Å². The zero-order valence-corrected chi connectivity index (χ0v) is 20.2. The Labute approximate surface area is 200 Å². The molecule has 0 radical (unpaired) electrons. The molecule has 4 nitrogen and oxygen atoms in total. The van der Waals surface area contributed by atoms with Gasteiger partial charge in [-0.05, 0) is 97.1 Å². The molecule has 5 heteroatoms. The van der Waals surface area contributed by atoms with E-state index >= 15 is 0 Å². The van der Waals surface area contributed by atoms with Crippen LogP contribution < -0.4 is 19.3 Å². The monoisotopic (exact) mass is 456 g/mol. The van der Waals surface area contributed by atoms with Crippen molar-refractivity contribution in [3.8, 4) is 23.0 Å². The molecule has 0 heterocycles. The molecule has 4 aromatic rings. The summed E-state index contributed by atoms with van der Waals surface area (Å²) in [6, 6.07) is 32.4. The molecular formula is C28H28N2O2S. The van der Waals surface area contributed by atoms with E-state index in [1.54, 1.807) is 11.8 Å². The van der Waals surface area contributed by atoms with Crippen molar-refractivity contribution in [3.63, 3.8) is 0 Å². The van der Waals surface area contributed by atoms with Crippen LogP contribution in [0.15, 0.2) is 107 Å². The van der Waals surface area contributed by atoms with Crippen molar-refractivity contribution in [1.82, 2.24) is 0 Å². The lowest BCUT2D eigenvalue weighted by Crippen LogP contribution is -2.07. The Kier molecular flexibility index (Phi) is 7.10. The highest BCUT2D eigenvalue weighted by Gasteiger charge is 2.03. The van der Waals surface area contributed by atoms with Crippen LogP contribution >= 0.6 is 11.8 Å². The summed E-state index contributed by atoms with van der Waals surface area (Å²) in [6.07, 6.45) is 0. The second-order valence-electron chi connectivity index (χ2n) is 8.03. The first-order valence-corrected chi connectivity index (χ1v) is 11.6. The average Bonchev–Trinajstić information content (AvgIpc) is 2.82. The summed E-state index contributed by atoms with van der Waals surface area (Å²) in [5.41, 5.74) is 2.29. The molecule has 0 amide bonds. The molecule has 4 rings (SSSR count). The molecule has 0 aliphatic heterocycles. The molecule has 0 aliphatic rings. The van der Waals surface area contributed by atoms with Crippen LogP contribution in [0.4, 0.5) is 11.4 Å². The molecule has 0 saturated heterocycles. The smallest absolute Gasteiger partial charge is 0.127 e. The lowest BCUT2D eigenvalue weighted by atomic mass is 10.3. The Hall–Kier alpha value is -3.57. The van der Waals surface area contributed by atoms with Crippen LogP contribution in [0.5, 0.6) is 23.0 Å². The van der Waals surface area contributed by atoms with Gasteiger partial charge in [-0.1, -0.05) is 11.8 Å². The van der Waals surface area contributed by atoms with Gasteiger partial charge in [-0.25, -0.2) is 0 Å². The van der Waals surface area contributed by atoms with E-state index in [0.717, 1.165) is 44.2 Å². The van der Waals surface area contributed by atoms with E-state index in [4.69, 9.17) is 9.47 Å². The van der Waals surface area contributed by atoms with E-state index in [9.17, 15) is 0 Å². The van der Waals surface area contributed by atoms with Crippen LogP contribution in [0.1, 0.15) is 0 Å². The summed E-state index contributed by atoms with van der Waals surface area (Å²) in [5.74, 6) is 3.29. The molecule has 0 saturated carbocycles. The summed E-state index contributed by atoms with van der Waals surface area (Å²) in [4.78, 5) is 6.44. The molecule has 0 aromatic heterocycles. The summed E-state index contributed by atoms with van der Waals surface area (Å²) in [6.45, 7) is 0. The Morgan fingerprint density at radius 1 is 0.424 bits per heavy atom. The average molecular weight is 457 g/mol. The third kappa shape index (κ3) is 6.24. The molecule has 0 spiro atoms. The standard InChI is InChI=1S/C28H28N2O2S/c1-29(2)21-5-9-23(10-6-21)31-25-13-17-27(18-14-25)33-28-19-15-26(16-20-28)32-24-11-7-22(8-12-24)30(3)4/h5-20H,1-4H3. The van der Waals surface area contributed by atoms with Gasteiger partial charge in [0.25, 0.3) is 0 Å². The number of rotatable bonds is 8. The summed E-state index contributed by atoms with van der Waals surface area (Å²) < 4.78 is 11.9. The number of hydrogen-bond donors (Lipinski definition) is 0. The van der Waals surface area contributed by atoms with Crippen molar-refractivity contribution < 1.29 is 9.47 Å². The van der Waals surface area contributed by atoms with Gasteiger partial charge in [-0.15, -0.1) is 0 Å². The number of benzene rings is 4. The van der Waals surface area contributed by atoms with E-state index in [1.165, 1.54) is 0 Å². The van der Waals surface area contributed by atoms with Crippen molar-refractivity contribution in [3.05, 3.63) is 97.1 Å². The minimum atomic E-state index is 0.820. The fourth-order valence-electron chi connectivity index (χ4n) is 3.18. The van der Waals surface area contributed by atoms with Gasteiger partial charge in [0.1, 0.15) is 23.0 Å². The van der Waals surface area contributed by atoms with E-state index in [2.05, 4.69) is 34.1 Å². The Morgan fingerprint density at radius 3 is 0.970 bits per heavy atom. The van der Waals surface area contributed by atoms with Gasteiger partial charge < -0.3 is 19.3 Å². The molecule has 4 aromatic carbocycles. The lowest BCUT2D eigenvalue weighted by molar-refractivity contribution is 0.482. The van der Waals surface area contributed by atoms with E-state index in [-0.39, 0.29) is 0 Å². The zero-order chi connectivity index (χ0) is 23.2. The van der Waals surface area contributed by atoms with E-state index < -0.39 is 0 Å². The molecular weight excluding hydrogens is 428 g/mol. The van der Waals surface area contributed by atoms with Crippen molar-refractivity contribution in [1.29, 1.82) is 0 Å². The fourth-order valence-corrected chi connectivity index (χ4v) is 4.00. The maximum Gasteiger partial charge on any atom is 0.127 e. The van der Waals surface area contributed by atoms with Crippen LogP contribution in [0.2, 0.25) is 0 Å². The van der Waals surface area contributed by atoms with Gasteiger partial charge in [-0.2, -0.15) is 0 Å². The van der Waals surface area contributed by atoms with E-state index in [0.29, 0.717) is 0 Å². The third-order valence-electron chi connectivity index (χ3n) is 5.06. The lowest BCUT2D eigenvalue weighted by Gasteiger charge is -2.13. The fraction of sp³-hybridized carbons (Fsp3) is 0.143. The molecule has 0 fully saturated rings. The van der Waals surface area contributed by atoms with Crippen LogP contribution in [0.3, 0.4) is 0 Å². The Balaban J connectivity index is 1.33. The second kappa shape index (κ2) is 10.4. The molecule has 168 valence electrons. The third-order valence-corrected chi connectivity index (χ3v) is 6.08. The largest absolute Gasteiger partial charge is 0.457 e. The predicted octanol–water partition coefficient (Wildman–Crippen LogP) is 7.55. The highest BCUT2D eigenvalue weighted by molar-refractivity contribution is 7.99. The molecule has 0 N–H and O–H groups in total. The van der Waals surface area contributed by atoms with Crippen LogP contribution in [0.25, 0.3) is 0 Å². The first-order chi connectivity index (χ1) is 16.0. The quantitative estimate of drug-likeness (QED) is 0.272. The summed E-state index contributed by atoms with van der Waals surface area (Å²) in [7, 11) is 8.10. The molecule has 0 atom stereocenters. The summed E-state index contributed by atoms with van der Waals surface area (Å²) in [5, 5.41) is 0. The van der Waals surface area contributed by atoms with Gasteiger partial charge in [0, 0.05) is 49.4 Å². The Bertz CT molecular complexity index is 1060. The van der Waals surface area contributed by atoms with Crippen molar-refractivity contribution in [2.45, 2.75) is 9.79 Å².